The van der Waals surface area contributed by atoms with Crippen LogP contribution in [-0.2, 0) is 10.1 Å². The monoisotopic (exact) mass is 469 g/mol. The number of hydrogen-bond acceptors (Lipinski definition) is 8. The molecule has 170 valence electrons. The fourth-order valence-corrected chi connectivity index (χ4v) is 3.65. The molecule has 0 atom stereocenters. The molecule has 0 aliphatic carbocycles. The third-order valence-corrected chi connectivity index (χ3v) is 5.73. The highest BCUT2D eigenvalue weighted by atomic mass is 32.2. The molecule has 3 rings (SSSR count). The predicted octanol–water partition coefficient (Wildman–Crippen LogP) is 3.44. The summed E-state index contributed by atoms with van der Waals surface area (Å²) in [4.78, 5) is 22.1. The molecule has 1 amide bonds. The average molecular weight is 469 g/mol. The van der Waals surface area contributed by atoms with Crippen molar-refractivity contribution in [2.24, 2.45) is 5.10 Å². The second kappa shape index (κ2) is 9.92. The van der Waals surface area contributed by atoms with Crippen LogP contribution in [0.1, 0.15) is 21.5 Å². The minimum Gasteiger partial charge on any atom is -0.497 e. The second-order valence-electron chi connectivity index (χ2n) is 6.74. The summed E-state index contributed by atoms with van der Waals surface area (Å²) in [5, 5.41) is 14.9. The number of nitrogens with zero attached hydrogens (tertiary/aromatic N) is 2. The van der Waals surface area contributed by atoms with Crippen LogP contribution in [0, 0.1) is 17.0 Å². The Balaban J connectivity index is 1.64. The average Bonchev–Trinajstić information content (AvgIpc) is 2.80. The number of methoxy groups -OCH3 is 1. The molecular weight excluding hydrogens is 450 g/mol. The van der Waals surface area contributed by atoms with Crippen LogP contribution >= 0.6 is 0 Å². The van der Waals surface area contributed by atoms with Crippen molar-refractivity contribution in [1.29, 1.82) is 0 Å². The molecule has 11 heteroatoms. The number of amides is 1. The Bertz CT molecular complexity index is 1300. The van der Waals surface area contributed by atoms with E-state index in [0.717, 1.165) is 6.07 Å². The van der Waals surface area contributed by atoms with Gasteiger partial charge in [0.25, 0.3) is 11.6 Å². The molecule has 0 heterocycles. The first-order chi connectivity index (χ1) is 15.7. The topological polar surface area (TPSA) is 137 Å². The second-order valence-corrected chi connectivity index (χ2v) is 8.29. The van der Waals surface area contributed by atoms with Gasteiger partial charge in [0.15, 0.2) is 0 Å². The van der Waals surface area contributed by atoms with Gasteiger partial charge in [-0.05, 0) is 67.1 Å². The number of nitrogens with one attached hydrogen (secondary N) is 1. The standard InChI is InChI=1S/C22H19N3O7S/c1-15-3-12-20(13-21(15)25(27)28)33(29,30)32-19-8-4-16(5-9-19)14-23-24-22(26)17-6-10-18(31-2)11-7-17/h3-14H,1-2H3,(H,24,26). The maximum absolute atomic E-state index is 12.5. The summed E-state index contributed by atoms with van der Waals surface area (Å²) in [7, 11) is -2.74. The van der Waals surface area contributed by atoms with Crippen molar-refractivity contribution < 1.29 is 27.1 Å². The first-order valence-corrected chi connectivity index (χ1v) is 10.9. The number of nitro benzene ring substituents is 1. The molecule has 0 saturated carbocycles. The van der Waals surface area contributed by atoms with Crippen molar-refractivity contribution in [3.63, 3.8) is 0 Å². The van der Waals surface area contributed by atoms with Gasteiger partial charge in [-0.2, -0.15) is 13.5 Å². The Morgan fingerprint density at radius 2 is 1.67 bits per heavy atom. The van der Waals surface area contributed by atoms with E-state index < -0.39 is 20.9 Å². The van der Waals surface area contributed by atoms with Crippen LogP contribution < -0.4 is 14.3 Å². The highest BCUT2D eigenvalue weighted by molar-refractivity contribution is 7.87. The number of nitro groups is 1. The summed E-state index contributed by atoms with van der Waals surface area (Å²) < 4.78 is 35.0. The molecule has 1 N–H and O–H groups in total. The van der Waals surface area contributed by atoms with Gasteiger partial charge in [-0.15, -0.1) is 0 Å². The maximum Gasteiger partial charge on any atom is 0.339 e. The zero-order valence-electron chi connectivity index (χ0n) is 17.6. The predicted molar refractivity (Wildman–Crippen MR) is 120 cm³/mol. The summed E-state index contributed by atoms with van der Waals surface area (Å²) in [6, 6.07) is 15.9. The van der Waals surface area contributed by atoms with Gasteiger partial charge in [0.1, 0.15) is 16.4 Å². The summed E-state index contributed by atoms with van der Waals surface area (Å²) in [5.41, 5.74) is 3.38. The molecule has 0 bridgehead atoms. The quantitative estimate of drug-likeness (QED) is 0.231. The fraction of sp³-hybridized carbons (Fsp3) is 0.0909. The number of carbonyl (C=O) groups is 1. The minimum absolute atomic E-state index is 0.0117. The highest BCUT2D eigenvalue weighted by Gasteiger charge is 2.21. The molecule has 0 spiro atoms. The van der Waals surface area contributed by atoms with Gasteiger partial charge >= 0.3 is 10.1 Å². The Hall–Kier alpha value is -4.25. The van der Waals surface area contributed by atoms with E-state index in [1.165, 1.54) is 56.6 Å². The Morgan fingerprint density at radius 1 is 1.03 bits per heavy atom. The largest absolute Gasteiger partial charge is 0.497 e. The zero-order chi connectivity index (χ0) is 24.0. The van der Waals surface area contributed by atoms with Gasteiger partial charge in [0.2, 0.25) is 0 Å². The maximum atomic E-state index is 12.5. The molecule has 0 radical (unpaired) electrons. The number of ether oxygens (including phenoxy) is 1. The lowest BCUT2D eigenvalue weighted by Crippen LogP contribution is -2.17. The number of rotatable bonds is 8. The number of hydrogen-bond donors (Lipinski definition) is 1. The smallest absolute Gasteiger partial charge is 0.339 e. The van der Waals surface area contributed by atoms with Gasteiger partial charge in [0.05, 0.1) is 18.2 Å². The van der Waals surface area contributed by atoms with Gasteiger partial charge in [-0.3, -0.25) is 14.9 Å². The van der Waals surface area contributed by atoms with Crippen molar-refractivity contribution in [2.45, 2.75) is 11.8 Å². The molecule has 3 aromatic rings. The Labute approximate surface area is 189 Å². The van der Waals surface area contributed by atoms with E-state index in [4.69, 9.17) is 8.92 Å². The number of hydrazone groups is 1. The van der Waals surface area contributed by atoms with Crippen LogP contribution in [0.25, 0.3) is 0 Å². The molecule has 3 aromatic carbocycles. The molecular formula is C22H19N3O7S. The van der Waals surface area contributed by atoms with Crippen LogP contribution in [0.3, 0.4) is 0 Å². The lowest BCUT2D eigenvalue weighted by Gasteiger charge is -2.08. The first kappa shape index (κ1) is 23.4. The lowest BCUT2D eigenvalue weighted by atomic mass is 10.2. The van der Waals surface area contributed by atoms with Crippen LogP contribution in [0.4, 0.5) is 5.69 Å². The normalized spacial score (nSPS) is 11.2. The lowest BCUT2D eigenvalue weighted by molar-refractivity contribution is -0.385. The van der Waals surface area contributed by atoms with E-state index in [2.05, 4.69) is 10.5 Å². The van der Waals surface area contributed by atoms with Crippen molar-refractivity contribution in [3.8, 4) is 11.5 Å². The molecule has 0 saturated heterocycles. The van der Waals surface area contributed by atoms with Crippen LogP contribution in [-0.4, -0.2) is 32.6 Å². The van der Waals surface area contributed by atoms with E-state index in [-0.39, 0.29) is 16.3 Å². The van der Waals surface area contributed by atoms with Crippen LogP contribution in [0.15, 0.2) is 76.7 Å². The Morgan fingerprint density at radius 3 is 2.27 bits per heavy atom. The molecule has 33 heavy (non-hydrogen) atoms. The van der Waals surface area contributed by atoms with E-state index in [9.17, 15) is 23.3 Å². The van der Waals surface area contributed by atoms with Crippen molar-refractivity contribution in [3.05, 3.63) is 93.5 Å². The third-order valence-electron chi connectivity index (χ3n) is 4.48. The van der Waals surface area contributed by atoms with E-state index in [1.54, 1.807) is 24.3 Å². The van der Waals surface area contributed by atoms with Gasteiger partial charge in [-0.1, -0.05) is 6.07 Å². The summed E-state index contributed by atoms with van der Waals surface area (Å²) >= 11 is 0. The zero-order valence-corrected chi connectivity index (χ0v) is 18.4. The van der Waals surface area contributed by atoms with Gasteiger partial charge < -0.3 is 8.92 Å². The number of aryl methyl sites for hydroxylation is 1. The Kier molecular flexibility index (Phi) is 7.04. The molecule has 0 aliphatic rings. The third kappa shape index (κ3) is 5.92. The van der Waals surface area contributed by atoms with E-state index >= 15 is 0 Å². The van der Waals surface area contributed by atoms with Crippen molar-refractivity contribution in [1.82, 2.24) is 5.43 Å². The van der Waals surface area contributed by atoms with E-state index in [1.807, 2.05) is 0 Å². The highest BCUT2D eigenvalue weighted by Crippen LogP contribution is 2.25. The summed E-state index contributed by atoms with van der Waals surface area (Å²) in [5.74, 6) is 0.227. The number of carbonyl (C=O) groups excluding carboxylic acids is 1. The fourth-order valence-electron chi connectivity index (χ4n) is 2.70. The number of benzene rings is 3. The first-order valence-electron chi connectivity index (χ1n) is 9.46. The molecule has 0 fully saturated rings. The molecule has 10 nitrogen and oxygen atoms in total. The molecule has 0 aliphatic heterocycles. The van der Waals surface area contributed by atoms with E-state index in [0.29, 0.717) is 22.4 Å². The van der Waals surface area contributed by atoms with Crippen molar-refractivity contribution >= 4 is 27.9 Å². The summed E-state index contributed by atoms with van der Waals surface area (Å²) in [6.45, 7) is 1.51. The van der Waals surface area contributed by atoms with Crippen LogP contribution in [0.5, 0.6) is 11.5 Å². The minimum atomic E-state index is -4.27. The van der Waals surface area contributed by atoms with Crippen LogP contribution in [0.2, 0.25) is 0 Å². The van der Waals surface area contributed by atoms with Gasteiger partial charge in [-0.25, -0.2) is 5.43 Å². The van der Waals surface area contributed by atoms with Gasteiger partial charge in [0, 0.05) is 17.2 Å². The SMILES string of the molecule is COc1ccc(C(=O)NN=Cc2ccc(OS(=O)(=O)c3ccc(C)c([N+](=O)[O-])c3)cc2)cc1. The van der Waals surface area contributed by atoms with Crippen molar-refractivity contribution in [2.75, 3.05) is 7.11 Å². The molecule has 0 unspecified atom stereocenters. The molecule has 0 aromatic heterocycles. The summed E-state index contributed by atoms with van der Waals surface area (Å²) in [6.07, 6.45) is 1.38.